The van der Waals surface area contributed by atoms with Crippen molar-refractivity contribution >= 4 is 21.7 Å². The van der Waals surface area contributed by atoms with Crippen molar-refractivity contribution < 1.29 is 4.79 Å². The Morgan fingerprint density at radius 2 is 1.90 bits per heavy atom. The Balaban J connectivity index is 2.07. The molecule has 1 unspecified atom stereocenters. The highest BCUT2D eigenvalue weighted by atomic mass is 79.9. The molecule has 20 heavy (non-hydrogen) atoms. The van der Waals surface area contributed by atoms with E-state index in [1.807, 2.05) is 31.2 Å². The summed E-state index contributed by atoms with van der Waals surface area (Å²) < 4.78 is 1.01. The summed E-state index contributed by atoms with van der Waals surface area (Å²) >= 11 is 3.41. The fourth-order valence-corrected chi connectivity index (χ4v) is 3.41. The number of ketones is 1. The number of benzene rings is 1. The number of nitrogens with zero attached hydrogens (tertiary/aromatic N) is 1. The normalized spacial score (nSPS) is 20.0. The van der Waals surface area contributed by atoms with E-state index in [1.54, 1.807) is 0 Å². The van der Waals surface area contributed by atoms with Gasteiger partial charge in [-0.3, -0.25) is 9.69 Å². The molecule has 2 nitrogen and oxygen atoms in total. The predicted octanol–water partition coefficient (Wildman–Crippen LogP) is 4.53. The molecular weight excluding hydrogens is 314 g/mol. The zero-order chi connectivity index (χ0) is 14.8. The van der Waals surface area contributed by atoms with Crippen molar-refractivity contribution in [1.29, 1.82) is 0 Å². The number of hydrogen-bond acceptors (Lipinski definition) is 2. The second-order valence-electron chi connectivity index (χ2n) is 5.97. The highest BCUT2D eigenvalue weighted by Gasteiger charge is 2.38. The molecule has 3 heteroatoms. The van der Waals surface area contributed by atoms with E-state index in [4.69, 9.17) is 0 Å². The number of hydrogen-bond donors (Lipinski definition) is 0. The third-order valence-electron chi connectivity index (χ3n) is 5.02. The lowest BCUT2D eigenvalue weighted by molar-refractivity contribution is 0.0850. The smallest absolute Gasteiger partial charge is 0.179 e. The van der Waals surface area contributed by atoms with Crippen LogP contribution in [0, 0.1) is 5.41 Å². The van der Waals surface area contributed by atoms with Crippen LogP contribution >= 0.6 is 15.9 Å². The van der Waals surface area contributed by atoms with Gasteiger partial charge in [-0.2, -0.15) is 0 Å². The molecule has 0 N–H and O–H groups in total. The zero-order valence-electron chi connectivity index (χ0n) is 12.7. The van der Waals surface area contributed by atoms with Crippen LogP contribution < -0.4 is 0 Å². The first-order valence-electron chi connectivity index (χ1n) is 7.55. The predicted molar refractivity (Wildman–Crippen MR) is 87.1 cm³/mol. The van der Waals surface area contributed by atoms with E-state index in [0.29, 0.717) is 5.41 Å². The Morgan fingerprint density at radius 1 is 1.30 bits per heavy atom. The molecule has 0 aromatic heterocycles. The molecule has 1 aliphatic heterocycles. The van der Waals surface area contributed by atoms with E-state index in [1.165, 1.54) is 19.3 Å². The number of carbonyl (C=O) groups excluding carboxylic acids is 1. The van der Waals surface area contributed by atoms with Crippen LogP contribution in [0.4, 0.5) is 0 Å². The van der Waals surface area contributed by atoms with Crippen LogP contribution in [0.5, 0.6) is 0 Å². The van der Waals surface area contributed by atoms with E-state index in [9.17, 15) is 4.79 Å². The Bertz CT molecular complexity index is 464. The molecule has 1 aliphatic rings. The fraction of sp³-hybridized carbons (Fsp3) is 0.588. The van der Waals surface area contributed by atoms with Gasteiger partial charge >= 0.3 is 0 Å². The van der Waals surface area contributed by atoms with E-state index in [0.717, 1.165) is 23.1 Å². The average Bonchev–Trinajstić information content (AvgIpc) is 2.92. The molecule has 0 spiro atoms. The van der Waals surface area contributed by atoms with Crippen molar-refractivity contribution in [3.8, 4) is 0 Å². The Kier molecular flexibility index (Phi) is 5.03. The van der Waals surface area contributed by atoms with Gasteiger partial charge in [0.05, 0.1) is 6.04 Å². The fourth-order valence-electron chi connectivity index (χ4n) is 3.15. The molecule has 0 bridgehead atoms. The van der Waals surface area contributed by atoms with Gasteiger partial charge in [0, 0.05) is 16.6 Å². The molecule has 1 saturated heterocycles. The van der Waals surface area contributed by atoms with Gasteiger partial charge < -0.3 is 0 Å². The summed E-state index contributed by atoms with van der Waals surface area (Å²) in [7, 11) is 0. The summed E-state index contributed by atoms with van der Waals surface area (Å²) in [5, 5.41) is 0. The first kappa shape index (κ1) is 15.7. The standard InChI is InChI=1S/C17H24BrNO/c1-4-17(5-2)10-11-19(12-17)13(3)16(20)14-6-8-15(18)9-7-14/h6-9,13H,4-5,10-12H2,1-3H3. The second-order valence-corrected chi connectivity index (χ2v) is 6.89. The maximum Gasteiger partial charge on any atom is 0.179 e. The molecule has 0 radical (unpaired) electrons. The first-order valence-corrected chi connectivity index (χ1v) is 8.34. The molecule has 2 rings (SSSR count). The van der Waals surface area contributed by atoms with Crippen molar-refractivity contribution in [2.45, 2.75) is 46.1 Å². The minimum atomic E-state index is -0.0175. The minimum absolute atomic E-state index is 0.0175. The van der Waals surface area contributed by atoms with Crippen molar-refractivity contribution in [2.24, 2.45) is 5.41 Å². The van der Waals surface area contributed by atoms with Crippen LogP contribution in [0.1, 0.15) is 50.4 Å². The average molecular weight is 338 g/mol. The van der Waals surface area contributed by atoms with E-state index in [2.05, 4.69) is 34.7 Å². The molecule has 110 valence electrons. The molecular formula is C17H24BrNO. The van der Waals surface area contributed by atoms with Gasteiger partial charge in [0.25, 0.3) is 0 Å². The first-order chi connectivity index (χ1) is 9.51. The number of Topliss-reactive ketones (excluding diaryl/α,β-unsaturated/α-hetero) is 1. The van der Waals surface area contributed by atoms with E-state index in [-0.39, 0.29) is 11.8 Å². The zero-order valence-corrected chi connectivity index (χ0v) is 14.2. The number of likely N-dealkylation sites (tertiary alicyclic amines) is 1. The van der Waals surface area contributed by atoms with Crippen molar-refractivity contribution in [2.75, 3.05) is 13.1 Å². The van der Waals surface area contributed by atoms with Gasteiger partial charge in [-0.15, -0.1) is 0 Å². The Labute approximate surface area is 130 Å². The minimum Gasteiger partial charge on any atom is -0.293 e. The van der Waals surface area contributed by atoms with Crippen LogP contribution in [0.2, 0.25) is 0 Å². The van der Waals surface area contributed by atoms with Crippen LogP contribution in [0.3, 0.4) is 0 Å². The number of carbonyl (C=O) groups is 1. The van der Waals surface area contributed by atoms with Crippen LogP contribution in [0.15, 0.2) is 28.7 Å². The maximum atomic E-state index is 12.6. The molecule has 1 atom stereocenters. The summed E-state index contributed by atoms with van der Waals surface area (Å²) in [6.45, 7) is 8.70. The highest BCUT2D eigenvalue weighted by molar-refractivity contribution is 9.10. The van der Waals surface area contributed by atoms with E-state index >= 15 is 0 Å². The topological polar surface area (TPSA) is 20.3 Å². The van der Waals surface area contributed by atoms with Gasteiger partial charge in [-0.1, -0.05) is 41.9 Å². The molecule has 0 saturated carbocycles. The molecule has 1 aromatic carbocycles. The largest absolute Gasteiger partial charge is 0.293 e. The summed E-state index contributed by atoms with van der Waals surface area (Å²) in [6.07, 6.45) is 3.64. The summed E-state index contributed by atoms with van der Waals surface area (Å²) in [5.41, 5.74) is 1.24. The molecule has 1 heterocycles. The lowest BCUT2D eigenvalue weighted by atomic mass is 9.82. The van der Waals surface area contributed by atoms with Gasteiger partial charge in [0.2, 0.25) is 0 Å². The monoisotopic (exact) mass is 337 g/mol. The summed E-state index contributed by atoms with van der Waals surface area (Å²) in [4.78, 5) is 14.9. The Morgan fingerprint density at radius 3 is 2.40 bits per heavy atom. The third kappa shape index (κ3) is 3.15. The lowest BCUT2D eigenvalue weighted by Crippen LogP contribution is -2.38. The third-order valence-corrected chi connectivity index (χ3v) is 5.55. The molecule has 1 aromatic rings. The number of halogens is 1. The van der Waals surface area contributed by atoms with E-state index < -0.39 is 0 Å². The van der Waals surface area contributed by atoms with Crippen molar-refractivity contribution in [3.63, 3.8) is 0 Å². The maximum absolute atomic E-state index is 12.6. The summed E-state index contributed by atoms with van der Waals surface area (Å²) in [6, 6.07) is 7.67. The van der Waals surface area contributed by atoms with Crippen LogP contribution in [-0.4, -0.2) is 29.8 Å². The highest BCUT2D eigenvalue weighted by Crippen LogP contribution is 2.38. The van der Waals surface area contributed by atoms with Gasteiger partial charge in [0.15, 0.2) is 5.78 Å². The van der Waals surface area contributed by atoms with Gasteiger partial charge in [-0.05, 0) is 50.3 Å². The van der Waals surface area contributed by atoms with Crippen molar-refractivity contribution in [3.05, 3.63) is 34.3 Å². The van der Waals surface area contributed by atoms with Gasteiger partial charge in [0.1, 0.15) is 0 Å². The second kappa shape index (κ2) is 6.40. The van der Waals surface area contributed by atoms with Crippen molar-refractivity contribution in [1.82, 2.24) is 4.90 Å². The molecule has 0 aliphatic carbocycles. The molecule has 1 fully saturated rings. The lowest BCUT2D eigenvalue weighted by Gasteiger charge is -2.29. The summed E-state index contributed by atoms with van der Waals surface area (Å²) in [5.74, 6) is 0.237. The van der Waals surface area contributed by atoms with Gasteiger partial charge in [-0.25, -0.2) is 0 Å². The van der Waals surface area contributed by atoms with Crippen LogP contribution in [0.25, 0.3) is 0 Å². The van der Waals surface area contributed by atoms with Crippen LogP contribution in [-0.2, 0) is 0 Å². The quantitative estimate of drug-likeness (QED) is 0.735. The Hall–Kier alpha value is -0.670. The molecule has 0 amide bonds. The number of rotatable bonds is 5. The SMILES string of the molecule is CCC1(CC)CCN(C(C)C(=O)c2ccc(Br)cc2)C1.